The average Bonchev–Trinajstić information content (AvgIpc) is 3.32. The second-order valence-corrected chi connectivity index (χ2v) is 11.7. The minimum absolute atomic E-state index is 0.212. The first-order valence-corrected chi connectivity index (χ1v) is 13.9. The van der Waals surface area contributed by atoms with Crippen LogP contribution < -0.4 is 15.4 Å². The highest BCUT2D eigenvalue weighted by Gasteiger charge is 2.50. The van der Waals surface area contributed by atoms with Crippen LogP contribution in [-0.4, -0.2) is 62.4 Å². The zero-order valence-electron chi connectivity index (χ0n) is 23.5. The molecule has 1 saturated heterocycles. The van der Waals surface area contributed by atoms with Crippen molar-refractivity contribution in [1.29, 1.82) is 0 Å². The van der Waals surface area contributed by atoms with Crippen LogP contribution in [0.1, 0.15) is 50.5 Å². The van der Waals surface area contributed by atoms with Gasteiger partial charge in [0.2, 0.25) is 0 Å². The van der Waals surface area contributed by atoms with E-state index < -0.39 is 11.5 Å². The van der Waals surface area contributed by atoms with Crippen molar-refractivity contribution < 1.29 is 19.1 Å². The summed E-state index contributed by atoms with van der Waals surface area (Å²) in [5, 5.41) is 4.85. The van der Waals surface area contributed by atoms with Gasteiger partial charge in [-0.3, -0.25) is 14.7 Å². The molecule has 1 aliphatic heterocycles. The maximum atomic E-state index is 13.1. The molecule has 212 valence electrons. The summed E-state index contributed by atoms with van der Waals surface area (Å²) in [6, 6.07) is 18.7. The Balaban J connectivity index is 1.32. The number of rotatable bonds is 5. The molecule has 10 heteroatoms. The molecule has 0 atom stereocenters. The smallest absolute Gasteiger partial charge is 0.410 e. The Morgan fingerprint density at radius 1 is 0.927 bits per heavy atom. The van der Waals surface area contributed by atoms with Gasteiger partial charge in [-0.25, -0.2) is 9.48 Å². The molecular formula is C31H34N6O4. The van der Waals surface area contributed by atoms with E-state index in [9.17, 15) is 9.59 Å². The lowest BCUT2D eigenvalue weighted by molar-refractivity contribution is -0.0310. The number of ether oxygens (including phenoxy) is 2. The number of fused-ring (bicyclic) bond motifs is 1. The molecule has 0 bridgehead atoms. The molecule has 1 spiro atoms. The Hall–Kier alpha value is -4.60. The predicted octanol–water partition coefficient (Wildman–Crippen LogP) is 5.29. The van der Waals surface area contributed by atoms with Crippen molar-refractivity contribution in [2.75, 3.05) is 24.5 Å². The lowest BCUT2D eigenvalue weighted by Gasteiger charge is -2.56. The van der Waals surface area contributed by atoms with E-state index in [1.165, 1.54) is 0 Å². The van der Waals surface area contributed by atoms with Gasteiger partial charge in [-0.1, -0.05) is 18.2 Å². The molecule has 10 nitrogen and oxygen atoms in total. The van der Waals surface area contributed by atoms with E-state index in [-0.39, 0.29) is 17.3 Å². The van der Waals surface area contributed by atoms with E-state index in [2.05, 4.69) is 9.88 Å². The molecule has 0 unspecified atom stereocenters. The third-order valence-corrected chi connectivity index (χ3v) is 7.72. The van der Waals surface area contributed by atoms with Gasteiger partial charge in [0, 0.05) is 25.8 Å². The summed E-state index contributed by atoms with van der Waals surface area (Å²) in [5.74, 6) is 0.768. The van der Waals surface area contributed by atoms with Crippen LogP contribution in [0, 0.1) is 0 Å². The van der Waals surface area contributed by atoms with Gasteiger partial charge < -0.3 is 20.1 Å². The molecule has 4 aromatic rings. The van der Waals surface area contributed by atoms with Crippen molar-refractivity contribution in [3.05, 3.63) is 72.6 Å². The number of nitrogens with zero attached hydrogens (tertiary/aromatic N) is 5. The summed E-state index contributed by atoms with van der Waals surface area (Å²) in [5.41, 5.74) is 7.78. The highest BCUT2D eigenvalue weighted by atomic mass is 16.6. The largest absolute Gasteiger partial charge is 0.457 e. The summed E-state index contributed by atoms with van der Waals surface area (Å²) in [7, 11) is 0. The highest BCUT2D eigenvalue weighted by molar-refractivity contribution is 6.06. The molecule has 6 rings (SSSR count). The second-order valence-electron chi connectivity index (χ2n) is 11.7. The van der Waals surface area contributed by atoms with Gasteiger partial charge in [0.15, 0.2) is 5.69 Å². The van der Waals surface area contributed by atoms with Crippen LogP contribution in [0.3, 0.4) is 0 Å². The normalized spacial score (nSPS) is 16.5. The Bertz CT molecular complexity index is 1590. The summed E-state index contributed by atoms with van der Waals surface area (Å²) in [6.45, 7) is 7.45. The number of nitrogens with two attached hydrogens (primary N) is 1. The van der Waals surface area contributed by atoms with Gasteiger partial charge in [-0.15, -0.1) is 0 Å². The van der Waals surface area contributed by atoms with Crippen LogP contribution in [0.5, 0.6) is 11.5 Å². The van der Waals surface area contributed by atoms with Crippen LogP contribution in [0.2, 0.25) is 0 Å². The number of anilines is 1. The van der Waals surface area contributed by atoms with E-state index in [1.54, 1.807) is 10.9 Å². The first-order valence-electron chi connectivity index (χ1n) is 13.9. The maximum absolute atomic E-state index is 13.1. The van der Waals surface area contributed by atoms with Crippen molar-refractivity contribution in [3.8, 4) is 17.2 Å². The molecule has 1 aliphatic carbocycles. The standard InChI is InChI=1S/C31H34N6O4/c1-30(2,3)41-29(39)36-19-18-35(20-31(36)15-7-16-31)24-14-17-33-26-25(24)34-37(27(26)28(32)38)21-10-12-23(13-11-21)40-22-8-5-4-6-9-22/h4-6,8-14,17H,7,15-16,18-20H2,1-3H3,(H2,32,38). The first-order chi connectivity index (χ1) is 19.6. The number of pyridine rings is 1. The van der Waals surface area contributed by atoms with Gasteiger partial charge in [-0.05, 0) is 82.5 Å². The zero-order valence-corrected chi connectivity index (χ0v) is 23.5. The Morgan fingerprint density at radius 3 is 2.27 bits per heavy atom. The van der Waals surface area contributed by atoms with Gasteiger partial charge in [0.1, 0.15) is 28.1 Å². The monoisotopic (exact) mass is 554 g/mol. The van der Waals surface area contributed by atoms with Crippen molar-refractivity contribution in [3.63, 3.8) is 0 Å². The minimum atomic E-state index is -0.619. The zero-order chi connectivity index (χ0) is 28.8. The fraction of sp³-hybridized carbons (Fsp3) is 0.355. The minimum Gasteiger partial charge on any atom is -0.457 e. The van der Waals surface area contributed by atoms with Crippen LogP contribution in [0.15, 0.2) is 66.9 Å². The number of hydrogen-bond acceptors (Lipinski definition) is 7. The molecule has 2 N–H and O–H groups in total. The third-order valence-electron chi connectivity index (χ3n) is 7.72. The van der Waals surface area contributed by atoms with Crippen LogP contribution in [0.25, 0.3) is 16.7 Å². The quantitative estimate of drug-likeness (QED) is 0.356. The van der Waals surface area contributed by atoms with Gasteiger partial charge in [-0.2, -0.15) is 5.10 Å². The predicted molar refractivity (Wildman–Crippen MR) is 156 cm³/mol. The number of primary amides is 1. The summed E-state index contributed by atoms with van der Waals surface area (Å²) in [6.07, 6.45) is 4.30. The fourth-order valence-corrected chi connectivity index (χ4v) is 5.71. The third kappa shape index (κ3) is 5.05. The molecule has 2 aromatic carbocycles. The highest BCUT2D eigenvalue weighted by Crippen LogP contribution is 2.43. The lowest BCUT2D eigenvalue weighted by atomic mass is 9.73. The number of carbonyl (C=O) groups excluding carboxylic acids is 2. The van der Waals surface area contributed by atoms with E-state index >= 15 is 0 Å². The van der Waals surface area contributed by atoms with E-state index in [0.29, 0.717) is 42.1 Å². The molecule has 0 radical (unpaired) electrons. The van der Waals surface area contributed by atoms with Crippen molar-refractivity contribution in [2.45, 2.75) is 51.2 Å². The summed E-state index contributed by atoms with van der Waals surface area (Å²) >= 11 is 0. The fourth-order valence-electron chi connectivity index (χ4n) is 5.71. The number of hydrogen-bond donors (Lipinski definition) is 1. The second kappa shape index (κ2) is 10.1. The van der Waals surface area contributed by atoms with E-state index in [4.69, 9.17) is 20.3 Å². The molecule has 41 heavy (non-hydrogen) atoms. The van der Waals surface area contributed by atoms with E-state index in [1.807, 2.05) is 86.3 Å². The Kier molecular flexibility index (Phi) is 6.56. The molecular weight excluding hydrogens is 520 g/mol. The molecule has 1 saturated carbocycles. The molecule has 2 fully saturated rings. The van der Waals surface area contributed by atoms with Crippen LogP contribution in [0.4, 0.5) is 10.5 Å². The van der Waals surface area contributed by atoms with Gasteiger partial charge in [0.05, 0.1) is 16.9 Å². The number of piperazine rings is 1. The summed E-state index contributed by atoms with van der Waals surface area (Å²) < 4.78 is 13.2. The number of para-hydroxylation sites is 1. The number of benzene rings is 2. The number of amides is 2. The number of aromatic nitrogens is 3. The summed E-state index contributed by atoms with van der Waals surface area (Å²) in [4.78, 5) is 34.4. The number of carbonyl (C=O) groups is 2. The lowest BCUT2D eigenvalue weighted by Crippen LogP contribution is -2.67. The maximum Gasteiger partial charge on any atom is 0.410 e. The van der Waals surface area contributed by atoms with Crippen LogP contribution in [-0.2, 0) is 4.74 Å². The van der Waals surface area contributed by atoms with Crippen LogP contribution >= 0.6 is 0 Å². The first kappa shape index (κ1) is 26.6. The molecule has 2 amide bonds. The topological polar surface area (TPSA) is 116 Å². The van der Waals surface area contributed by atoms with E-state index in [0.717, 1.165) is 30.7 Å². The SMILES string of the molecule is CC(C)(C)OC(=O)N1CCN(c2ccnc3c(C(N)=O)n(-c4ccc(Oc5ccccc5)cc4)nc23)CC12CCC2. The Labute approximate surface area is 238 Å². The molecule has 2 aliphatic rings. The van der Waals surface area contributed by atoms with Crippen molar-refractivity contribution in [1.82, 2.24) is 19.7 Å². The van der Waals surface area contributed by atoms with Crippen molar-refractivity contribution in [2.24, 2.45) is 5.73 Å². The molecule has 2 aromatic heterocycles. The van der Waals surface area contributed by atoms with Gasteiger partial charge in [0.25, 0.3) is 5.91 Å². The van der Waals surface area contributed by atoms with Gasteiger partial charge >= 0.3 is 6.09 Å². The average molecular weight is 555 g/mol. The van der Waals surface area contributed by atoms with Crippen molar-refractivity contribution >= 4 is 28.7 Å². The molecule has 3 heterocycles. The Morgan fingerprint density at radius 2 is 1.63 bits per heavy atom.